The van der Waals surface area contributed by atoms with Crippen LogP contribution >= 0.6 is 0 Å². The lowest BCUT2D eigenvalue weighted by molar-refractivity contribution is 0.0204. The zero-order chi connectivity index (χ0) is 14.8. The largest absolute Gasteiger partial charge is 0.494 e. The zero-order valence-corrected chi connectivity index (χ0v) is 12.1. The molecule has 1 aliphatic heterocycles. The zero-order valence-electron chi connectivity index (χ0n) is 12.1. The van der Waals surface area contributed by atoms with E-state index < -0.39 is 6.23 Å². The van der Waals surface area contributed by atoms with Crippen molar-refractivity contribution in [3.05, 3.63) is 59.7 Å². The van der Waals surface area contributed by atoms with Gasteiger partial charge in [-0.05, 0) is 43.3 Å². The SMILES string of the molecule is CCOc1ccc(C2Oc3ccccc3C(=O)N2C)cc1. The van der Waals surface area contributed by atoms with Crippen LogP contribution in [-0.4, -0.2) is 24.5 Å². The summed E-state index contributed by atoms with van der Waals surface area (Å²) < 4.78 is 11.4. The van der Waals surface area contributed by atoms with Gasteiger partial charge in [-0.2, -0.15) is 0 Å². The van der Waals surface area contributed by atoms with E-state index in [0.29, 0.717) is 17.9 Å². The summed E-state index contributed by atoms with van der Waals surface area (Å²) in [5.41, 5.74) is 1.52. The van der Waals surface area contributed by atoms with Crippen molar-refractivity contribution in [3.8, 4) is 11.5 Å². The minimum Gasteiger partial charge on any atom is -0.494 e. The highest BCUT2D eigenvalue weighted by Gasteiger charge is 2.31. The third kappa shape index (κ3) is 2.44. The smallest absolute Gasteiger partial charge is 0.260 e. The molecule has 0 N–H and O–H groups in total. The number of para-hydroxylation sites is 1. The maximum absolute atomic E-state index is 12.4. The normalized spacial score (nSPS) is 17.1. The second-order valence-electron chi connectivity index (χ2n) is 4.88. The number of rotatable bonds is 3. The molecule has 1 unspecified atom stereocenters. The molecule has 2 aromatic carbocycles. The van der Waals surface area contributed by atoms with E-state index in [1.165, 1.54) is 0 Å². The Morgan fingerprint density at radius 1 is 1.14 bits per heavy atom. The highest BCUT2D eigenvalue weighted by Crippen LogP contribution is 2.34. The van der Waals surface area contributed by atoms with Crippen molar-refractivity contribution in [3.63, 3.8) is 0 Å². The molecule has 0 aromatic heterocycles. The summed E-state index contributed by atoms with van der Waals surface area (Å²) >= 11 is 0. The van der Waals surface area contributed by atoms with E-state index in [1.807, 2.05) is 49.4 Å². The van der Waals surface area contributed by atoms with Crippen LogP contribution in [0.25, 0.3) is 0 Å². The van der Waals surface area contributed by atoms with Crippen molar-refractivity contribution in [2.75, 3.05) is 13.7 Å². The number of benzene rings is 2. The monoisotopic (exact) mass is 283 g/mol. The van der Waals surface area contributed by atoms with Crippen LogP contribution in [-0.2, 0) is 0 Å². The second kappa shape index (κ2) is 5.48. The molecule has 0 saturated heterocycles. The fraction of sp³-hybridized carbons (Fsp3) is 0.235. The molecule has 1 atom stereocenters. The molecule has 0 spiro atoms. The standard InChI is InChI=1S/C17H17NO3/c1-3-20-13-10-8-12(9-11-13)17-18(2)16(19)14-6-4-5-7-15(14)21-17/h4-11,17H,3H2,1-2H3. The Morgan fingerprint density at radius 3 is 2.57 bits per heavy atom. The fourth-order valence-electron chi connectivity index (χ4n) is 2.43. The average Bonchev–Trinajstić information content (AvgIpc) is 2.52. The second-order valence-corrected chi connectivity index (χ2v) is 4.88. The van der Waals surface area contributed by atoms with Crippen LogP contribution in [0.4, 0.5) is 0 Å². The van der Waals surface area contributed by atoms with Crippen LogP contribution in [0.1, 0.15) is 29.1 Å². The first-order valence-corrected chi connectivity index (χ1v) is 6.96. The quantitative estimate of drug-likeness (QED) is 0.868. The molecule has 2 aromatic rings. The molecule has 0 radical (unpaired) electrons. The van der Waals surface area contributed by atoms with E-state index in [9.17, 15) is 4.79 Å². The Balaban J connectivity index is 1.91. The summed E-state index contributed by atoms with van der Waals surface area (Å²) in [5.74, 6) is 1.40. The third-order valence-corrected chi connectivity index (χ3v) is 3.50. The number of amides is 1. The molecule has 1 heterocycles. The number of fused-ring (bicyclic) bond motifs is 1. The summed E-state index contributed by atoms with van der Waals surface area (Å²) in [4.78, 5) is 14.0. The Morgan fingerprint density at radius 2 is 1.86 bits per heavy atom. The lowest BCUT2D eigenvalue weighted by Crippen LogP contribution is -2.38. The maximum atomic E-state index is 12.4. The van der Waals surface area contributed by atoms with Crippen LogP contribution in [0, 0.1) is 0 Å². The van der Waals surface area contributed by atoms with E-state index in [2.05, 4.69) is 0 Å². The van der Waals surface area contributed by atoms with Crippen molar-refractivity contribution in [1.82, 2.24) is 4.90 Å². The molecule has 4 nitrogen and oxygen atoms in total. The van der Waals surface area contributed by atoms with Crippen LogP contribution in [0.5, 0.6) is 11.5 Å². The fourth-order valence-corrected chi connectivity index (χ4v) is 2.43. The first-order valence-electron chi connectivity index (χ1n) is 6.96. The van der Waals surface area contributed by atoms with Crippen LogP contribution in [0.2, 0.25) is 0 Å². The molecule has 21 heavy (non-hydrogen) atoms. The van der Waals surface area contributed by atoms with Crippen molar-refractivity contribution in [1.29, 1.82) is 0 Å². The van der Waals surface area contributed by atoms with E-state index in [0.717, 1.165) is 11.3 Å². The van der Waals surface area contributed by atoms with E-state index in [-0.39, 0.29) is 5.91 Å². The van der Waals surface area contributed by atoms with Gasteiger partial charge in [0.25, 0.3) is 5.91 Å². The minimum atomic E-state index is -0.414. The summed E-state index contributed by atoms with van der Waals surface area (Å²) in [6.45, 7) is 2.58. The molecule has 4 heteroatoms. The molecule has 0 bridgehead atoms. The lowest BCUT2D eigenvalue weighted by atomic mass is 10.1. The summed E-state index contributed by atoms with van der Waals surface area (Å²) in [6.07, 6.45) is -0.414. The number of hydrogen-bond acceptors (Lipinski definition) is 3. The van der Waals surface area contributed by atoms with Crippen molar-refractivity contribution < 1.29 is 14.3 Å². The van der Waals surface area contributed by atoms with Crippen LogP contribution in [0.3, 0.4) is 0 Å². The molecule has 108 valence electrons. The number of hydrogen-bond donors (Lipinski definition) is 0. The molecular formula is C17H17NO3. The lowest BCUT2D eigenvalue weighted by Gasteiger charge is -2.34. The average molecular weight is 283 g/mol. The van der Waals surface area contributed by atoms with Gasteiger partial charge in [-0.1, -0.05) is 12.1 Å². The van der Waals surface area contributed by atoms with Gasteiger partial charge in [0.15, 0.2) is 0 Å². The number of nitrogens with zero attached hydrogens (tertiary/aromatic N) is 1. The minimum absolute atomic E-state index is 0.0317. The highest BCUT2D eigenvalue weighted by atomic mass is 16.5. The summed E-state index contributed by atoms with van der Waals surface area (Å²) in [6, 6.07) is 14.9. The maximum Gasteiger partial charge on any atom is 0.260 e. The number of ether oxygens (including phenoxy) is 2. The van der Waals surface area contributed by atoms with Gasteiger partial charge in [-0.25, -0.2) is 0 Å². The molecule has 1 amide bonds. The van der Waals surface area contributed by atoms with Crippen LogP contribution in [0.15, 0.2) is 48.5 Å². The topological polar surface area (TPSA) is 38.8 Å². The Kier molecular flexibility index (Phi) is 3.52. The van der Waals surface area contributed by atoms with Crippen LogP contribution < -0.4 is 9.47 Å². The summed E-state index contributed by atoms with van der Waals surface area (Å²) in [5, 5.41) is 0. The van der Waals surface area contributed by atoms with Crippen molar-refractivity contribution in [2.45, 2.75) is 13.2 Å². The highest BCUT2D eigenvalue weighted by molar-refractivity contribution is 5.97. The Hall–Kier alpha value is -2.49. The van der Waals surface area contributed by atoms with Gasteiger partial charge in [0, 0.05) is 12.6 Å². The molecular weight excluding hydrogens is 266 g/mol. The van der Waals surface area contributed by atoms with Gasteiger partial charge in [0.1, 0.15) is 11.5 Å². The first-order chi connectivity index (χ1) is 10.2. The van der Waals surface area contributed by atoms with Gasteiger partial charge in [-0.15, -0.1) is 0 Å². The molecule has 1 aliphatic rings. The Labute approximate surface area is 123 Å². The molecule has 0 fully saturated rings. The van der Waals surface area contributed by atoms with Gasteiger partial charge in [-0.3, -0.25) is 4.79 Å². The van der Waals surface area contributed by atoms with E-state index >= 15 is 0 Å². The van der Waals surface area contributed by atoms with Gasteiger partial charge < -0.3 is 14.4 Å². The molecule has 3 rings (SSSR count). The van der Waals surface area contributed by atoms with Gasteiger partial charge in [0.2, 0.25) is 6.23 Å². The third-order valence-electron chi connectivity index (χ3n) is 3.50. The first kappa shape index (κ1) is 13.5. The van der Waals surface area contributed by atoms with E-state index in [1.54, 1.807) is 18.0 Å². The van der Waals surface area contributed by atoms with E-state index in [4.69, 9.17) is 9.47 Å². The van der Waals surface area contributed by atoms with Gasteiger partial charge >= 0.3 is 0 Å². The number of carbonyl (C=O) groups is 1. The predicted octanol–water partition coefficient (Wildman–Crippen LogP) is 3.25. The molecule has 0 aliphatic carbocycles. The number of carbonyl (C=O) groups excluding carboxylic acids is 1. The summed E-state index contributed by atoms with van der Waals surface area (Å²) in [7, 11) is 1.75. The molecule has 0 saturated carbocycles. The van der Waals surface area contributed by atoms with Crippen molar-refractivity contribution >= 4 is 5.91 Å². The van der Waals surface area contributed by atoms with Crippen molar-refractivity contribution in [2.24, 2.45) is 0 Å². The Bertz CT molecular complexity index is 651. The van der Waals surface area contributed by atoms with Gasteiger partial charge in [0.05, 0.1) is 12.2 Å². The predicted molar refractivity (Wildman–Crippen MR) is 79.5 cm³/mol.